The van der Waals surface area contributed by atoms with Crippen molar-refractivity contribution in [3.63, 3.8) is 0 Å². The van der Waals surface area contributed by atoms with Crippen molar-refractivity contribution in [1.82, 2.24) is 4.90 Å². The molecule has 80 valence electrons. The molecule has 0 aromatic carbocycles. The van der Waals surface area contributed by atoms with Crippen molar-refractivity contribution in [3.8, 4) is 0 Å². The lowest BCUT2D eigenvalue weighted by Crippen LogP contribution is -2.24. The molecule has 0 aromatic heterocycles. The molecule has 0 radical (unpaired) electrons. The highest BCUT2D eigenvalue weighted by Gasteiger charge is 2.02. The normalized spacial score (nSPS) is 18.2. The van der Waals surface area contributed by atoms with Crippen LogP contribution in [0.1, 0.15) is 40.0 Å². The Kier molecular flexibility index (Phi) is 8.46. The molecule has 1 rings (SSSR count). The standard InChI is InChI=1S/C6H13N.C5H12O/c1-7-5-3-2-4-6-7;1-4-6-5(2)3/h2-6H2,1H3;5H,4H2,1-3H3. The maximum absolute atomic E-state index is 5.04. The second-order valence-corrected chi connectivity index (χ2v) is 3.87. The first kappa shape index (κ1) is 12.9. The fraction of sp³-hybridized carbons (Fsp3) is 1.00. The molecule has 1 heterocycles. The lowest BCUT2D eigenvalue weighted by Gasteiger charge is -2.20. The first-order valence-corrected chi connectivity index (χ1v) is 5.47. The van der Waals surface area contributed by atoms with Crippen molar-refractivity contribution in [3.05, 3.63) is 0 Å². The summed E-state index contributed by atoms with van der Waals surface area (Å²) in [6.45, 7) is 9.53. The molecular weight excluding hydrogens is 162 g/mol. The highest BCUT2D eigenvalue weighted by Crippen LogP contribution is 2.04. The predicted molar refractivity (Wildman–Crippen MR) is 58.1 cm³/mol. The average molecular weight is 187 g/mol. The summed E-state index contributed by atoms with van der Waals surface area (Å²) < 4.78 is 5.04. The molecule has 0 aliphatic carbocycles. The van der Waals surface area contributed by atoms with E-state index in [0.29, 0.717) is 6.10 Å². The maximum Gasteiger partial charge on any atom is 0.0518 e. The Balaban J connectivity index is 0.000000226. The molecule has 1 aliphatic heterocycles. The van der Waals surface area contributed by atoms with Gasteiger partial charge >= 0.3 is 0 Å². The minimum Gasteiger partial charge on any atom is -0.379 e. The van der Waals surface area contributed by atoms with Crippen molar-refractivity contribution in [1.29, 1.82) is 0 Å². The van der Waals surface area contributed by atoms with Gasteiger partial charge in [0.1, 0.15) is 0 Å². The van der Waals surface area contributed by atoms with E-state index in [-0.39, 0.29) is 0 Å². The van der Waals surface area contributed by atoms with E-state index in [9.17, 15) is 0 Å². The van der Waals surface area contributed by atoms with Crippen LogP contribution in [-0.4, -0.2) is 37.7 Å². The van der Waals surface area contributed by atoms with E-state index in [2.05, 4.69) is 11.9 Å². The molecule has 0 saturated carbocycles. The summed E-state index contributed by atoms with van der Waals surface area (Å²) in [6, 6.07) is 0. The van der Waals surface area contributed by atoms with Gasteiger partial charge in [-0.2, -0.15) is 0 Å². The molecule has 13 heavy (non-hydrogen) atoms. The molecule has 0 aromatic rings. The molecule has 0 atom stereocenters. The lowest BCUT2D eigenvalue weighted by atomic mass is 10.1. The molecule has 0 N–H and O–H groups in total. The summed E-state index contributed by atoms with van der Waals surface area (Å²) in [5, 5.41) is 0. The lowest BCUT2D eigenvalue weighted by molar-refractivity contribution is 0.0899. The van der Waals surface area contributed by atoms with Crippen LogP contribution in [0.25, 0.3) is 0 Å². The van der Waals surface area contributed by atoms with Gasteiger partial charge in [-0.1, -0.05) is 6.42 Å². The topological polar surface area (TPSA) is 12.5 Å². The first-order chi connectivity index (χ1) is 6.16. The van der Waals surface area contributed by atoms with E-state index in [1.807, 2.05) is 20.8 Å². The van der Waals surface area contributed by atoms with Crippen LogP contribution >= 0.6 is 0 Å². The third-order valence-corrected chi connectivity index (χ3v) is 2.08. The van der Waals surface area contributed by atoms with Crippen LogP contribution in [0, 0.1) is 0 Å². The van der Waals surface area contributed by atoms with Crippen LogP contribution in [0.2, 0.25) is 0 Å². The van der Waals surface area contributed by atoms with Gasteiger partial charge < -0.3 is 9.64 Å². The van der Waals surface area contributed by atoms with Gasteiger partial charge in [0, 0.05) is 6.61 Å². The molecule has 1 aliphatic rings. The minimum absolute atomic E-state index is 0.398. The van der Waals surface area contributed by atoms with Crippen molar-refractivity contribution >= 4 is 0 Å². The summed E-state index contributed by atoms with van der Waals surface area (Å²) in [4.78, 5) is 2.39. The van der Waals surface area contributed by atoms with Crippen molar-refractivity contribution in [2.24, 2.45) is 0 Å². The van der Waals surface area contributed by atoms with Crippen LogP contribution < -0.4 is 0 Å². The molecule has 2 heteroatoms. The van der Waals surface area contributed by atoms with Gasteiger partial charge in [0.05, 0.1) is 6.10 Å². The van der Waals surface area contributed by atoms with Gasteiger partial charge in [-0.3, -0.25) is 0 Å². The van der Waals surface area contributed by atoms with Gasteiger partial charge in [-0.25, -0.2) is 0 Å². The Labute approximate surface area is 83.3 Å². The number of rotatable bonds is 2. The number of hydrogen-bond acceptors (Lipinski definition) is 2. The smallest absolute Gasteiger partial charge is 0.0518 e. The highest BCUT2D eigenvalue weighted by molar-refractivity contribution is 4.58. The van der Waals surface area contributed by atoms with Gasteiger partial charge in [-0.15, -0.1) is 0 Å². The van der Waals surface area contributed by atoms with Crippen molar-refractivity contribution in [2.75, 3.05) is 26.7 Å². The SMILES string of the molecule is CCOC(C)C.CN1CCCCC1. The van der Waals surface area contributed by atoms with Crippen LogP contribution in [0.15, 0.2) is 0 Å². The average Bonchev–Trinajstić information content (AvgIpc) is 2.06. The molecule has 0 bridgehead atoms. The first-order valence-electron chi connectivity index (χ1n) is 5.47. The fourth-order valence-electron chi connectivity index (χ4n) is 1.39. The van der Waals surface area contributed by atoms with Gasteiger partial charge in [0.15, 0.2) is 0 Å². The zero-order valence-electron chi connectivity index (χ0n) is 9.68. The fourth-order valence-corrected chi connectivity index (χ4v) is 1.39. The Morgan fingerprint density at radius 2 is 1.69 bits per heavy atom. The minimum atomic E-state index is 0.398. The summed E-state index contributed by atoms with van der Waals surface area (Å²) in [7, 11) is 2.19. The molecular formula is C11H25NO. The van der Waals surface area contributed by atoms with E-state index < -0.39 is 0 Å². The van der Waals surface area contributed by atoms with E-state index in [1.165, 1.54) is 32.4 Å². The highest BCUT2D eigenvalue weighted by atomic mass is 16.5. The summed E-state index contributed by atoms with van der Waals surface area (Å²) in [5.41, 5.74) is 0. The molecule has 1 fully saturated rings. The van der Waals surface area contributed by atoms with Gasteiger partial charge in [-0.05, 0) is 53.8 Å². The Hall–Kier alpha value is -0.0800. The number of ether oxygens (including phenoxy) is 1. The third kappa shape index (κ3) is 9.84. The second kappa shape index (κ2) is 8.52. The summed E-state index contributed by atoms with van der Waals surface area (Å²) in [5.74, 6) is 0. The molecule has 2 nitrogen and oxygen atoms in total. The predicted octanol–water partition coefficient (Wildman–Crippen LogP) is 2.53. The molecule has 0 spiro atoms. The van der Waals surface area contributed by atoms with E-state index >= 15 is 0 Å². The second-order valence-electron chi connectivity index (χ2n) is 3.87. The van der Waals surface area contributed by atoms with Crippen LogP contribution in [0.4, 0.5) is 0 Å². The van der Waals surface area contributed by atoms with Gasteiger partial charge in [0.2, 0.25) is 0 Å². The van der Waals surface area contributed by atoms with Crippen LogP contribution in [0.3, 0.4) is 0 Å². The monoisotopic (exact) mass is 187 g/mol. The largest absolute Gasteiger partial charge is 0.379 e. The molecule has 0 unspecified atom stereocenters. The summed E-state index contributed by atoms with van der Waals surface area (Å²) >= 11 is 0. The number of likely N-dealkylation sites (tertiary alicyclic amines) is 1. The van der Waals surface area contributed by atoms with Crippen molar-refractivity contribution in [2.45, 2.75) is 46.1 Å². The molecule has 1 saturated heterocycles. The Morgan fingerprint density at radius 1 is 1.15 bits per heavy atom. The third-order valence-electron chi connectivity index (χ3n) is 2.08. The van der Waals surface area contributed by atoms with Gasteiger partial charge in [0.25, 0.3) is 0 Å². The van der Waals surface area contributed by atoms with E-state index in [4.69, 9.17) is 4.74 Å². The van der Waals surface area contributed by atoms with Crippen molar-refractivity contribution < 1.29 is 4.74 Å². The zero-order chi connectivity index (χ0) is 10.1. The Bertz CT molecular complexity index is 98.3. The van der Waals surface area contributed by atoms with E-state index in [0.717, 1.165) is 6.61 Å². The summed E-state index contributed by atoms with van der Waals surface area (Å²) in [6.07, 6.45) is 4.67. The molecule has 0 amide bonds. The number of piperidine rings is 1. The zero-order valence-corrected chi connectivity index (χ0v) is 9.68. The maximum atomic E-state index is 5.04. The van der Waals surface area contributed by atoms with E-state index in [1.54, 1.807) is 0 Å². The van der Waals surface area contributed by atoms with Crippen LogP contribution in [-0.2, 0) is 4.74 Å². The Morgan fingerprint density at radius 3 is 1.85 bits per heavy atom. The van der Waals surface area contributed by atoms with Crippen LogP contribution in [0.5, 0.6) is 0 Å². The quantitative estimate of drug-likeness (QED) is 0.658. The number of hydrogen-bond donors (Lipinski definition) is 0. The number of nitrogens with zero attached hydrogens (tertiary/aromatic N) is 1.